The Balaban J connectivity index is 2.77. The van der Waals surface area contributed by atoms with E-state index in [-0.39, 0.29) is 19.2 Å². The van der Waals surface area contributed by atoms with Gasteiger partial charge < -0.3 is 0 Å². The molecule has 0 aliphatic carbocycles. The molecule has 0 bridgehead atoms. The number of carbonyl (C=O) groups excluding carboxylic acids is 1. The highest BCUT2D eigenvalue weighted by molar-refractivity contribution is 9.25. The van der Waals surface area contributed by atoms with E-state index in [1.54, 1.807) is 0 Å². The summed E-state index contributed by atoms with van der Waals surface area (Å²) in [6, 6.07) is 9.82. The molecule has 0 aliphatic rings. The van der Waals surface area contributed by atoms with Gasteiger partial charge in [-0.05, 0) is 5.56 Å². The quantitative estimate of drug-likeness (QED) is 0.598. The molecule has 1 rings (SSSR count). The molecule has 0 spiro atoms. The maximum atomic E-state index is 11.7. The molecule has 0 amide bonds. The van der Waals surface area contributed by atoms with Gasteiger partial charge in [-0.3, -0.25) is 4.79 Å². The van der Waals surface area contributed by atoms with E-state index < -0.39 is 0 Å². The molecular weight excluding hydrogens is 456 g/mol. The molecule has 0 radical (unpaired) electrons. The summed E-state index contributed by atoms with van der Waals surface area (Å²) < 4.78 is -0.321. The molecule has 0 heterocycles. The maximum absolute atomic E-state index is 11.7. The van der Waals surface area contributed by atoms with Gasteiger partial charge in [0.1, 0.15) is 3.74 Å². The molecule has 1 nitrogen and oxygen atoms in total. The third-order valence-corrected chi connectivity index (χ3v) is 5.51. The van der Waals surface area contributed by atoms with E-state index in [1.165, 1.54) is 0 Å². The average molecular weight is 464 g/mol. The fourth-order valence-corrected chi connectivity index (χ4v) is 3.48. The summed E-state index contributed by atoms with van der Waals surface area (Å²) in [5, 5.41) is 0. The second-order valence-electron chi connectivity index (χ2n) is 2.92. The molecule has 0 unspecified atom stereocenters. The van der Waals surface area contributed by atoms with Crippen LogP contribution < -0.4 is 0 Å². The van der Waals surface area contributed by atoms with Gasteiger partial charge in [-0.15, -0.1) is 0 Å². The van der Waals surface area contributed by atoms with E-state index in [1.807, 2.05) is 30.3 Å². The molecule has 1 aromatic carbocycles. The van der Waals surface area contributed by atoms with Crippen LogP contribution in [0, 0.1) is 0 Å². The van der Waals surface area contributed by atoms with Crippen molar-refractivity contribution in [1.29, 1.82) is 0 Å². The Hall–Kier alpha value is 0.810. The molecular formula is C10H8Br4O. The molecule has 5 heteroatoms. The summed E-state index contributed by atoms with van der Waals surface area (Å²) in [6.07, 6.45) is 0. The van der Waals surface area contributed by atoms with Crippen molar-refractivity contribution in [2.24, 2.45) is 0 Å². The highest BCUT2D eigenvalue weighted by Crippen LogP contribution is 2.33. The van der Waals surface area contributed by atoms with Crippen molar-refractivity contribution >= 4 is 69.5 Å². The normalized spacial score (nSPS) is 15.0. The number of halogens is 4. The Morgan fingerprint density at radius 1 is 1.00 bits per heavy atom. The van der Waals surface area contributed by atoms with E-state index in [2.05, 4.69) is 63.7 Å². The molecule has 82 valence electrons. The molecule has 15 heavy (non-hydrogen) atoms. The van der Waals surface area contributed by atoms with Crippen molar-refractivity contribution in [1.82, 2.24) is 0 Å². The Kier molecular flexibility index (Phi) is 6.03. The zero-order chi connectivity index (χ0) is 11.4. The minimum absolute atomic E-state index is 0.0243. The van der Waals surface area contributed by atoms with Crippen LogP contribution in [0.25, 0.3) is 0 Å². The van der Waals surface area contributed by atoms with Gasteiger partial charge in [0, 0.05) is 0 Å². The topological polar surface area (TPSA) is 17.1 Å². The summed E-state index contributed by atoms with van der Waals surface area (Å²) in [7, 11) is 0. The van der Waals surface area contributed by atoms with Gasteiger partial charge >= 0.3 is 0 Å². The van der Waals surface area contributed by atoms with Crippen LogP contribution in [0.4, 0.5) is 0 Å². The molecule has 0 aliphatic heterocycles. The van der Waals surface area contributed by atoms with Gasteiger partial charge in [0.25, 0.3) is 0 Å². The number of Topliss-reactive ketones (excluding diaryl/α,β-unsaturated/α-hetero) is 1. The smallest absolute Gasteiger partial charge is 0.172 e. The number of carbonyl (C=O) groups is 1. The molecule has 1 aromatic rings. The predicted octanol–water partition coefficient (Wildman–Crippen LogP) is 4.57. The molecule has 0 saturated heterocycles. The number of rotatable bonds is 4. The number of hydrogen-bond acceptors (Lipinski definition) is 1. The Labute approximate surface area is 123 Å². The van der Waals surface area contributed by atoms with E-state index in [0.717, 1.165) is 5.56 Å². The number of alkyl halides is 4. The summed E-state index contributed by atoms with van der Waals surface area (Å²) in [4.78, 5) is 11.4. The van der Waals surface area contributed by atoms with Crippen molar-refractivity contribution in [3.8, 4) is 0 Å². The first-order valence-electron chi connectivity index (χ1n) is 4.19. The van der Waals surface area contributed by atoms with Crippen molar-refractivity contribution in [2.75, 3.05) is 0 Å². The van der Waals surface area contributed by atoms with Gasteiger partial charge in [-0.2, -0.15) is 0 Å². The number of benzene rings is 1. The monoisotopic (exact) mass is 460 g/mol. The summed E-state index contributed by atoms with van der Waals surface area (Å²) >= 11 is 13.3. The summed E-state index contributed by atoms with van der Waals surface area (Å²) in [5.74, 6) is 0.0562. The summed E-state index contributed by atoms with van der Waals surface area (Å²) in [6.45, 7) is 0. The van der Waals surface area contributed by atoms with Crippen LogP contribution in [0.2, 0.25) is 0 Å². The average Bonchev–Trinajstić information content (AvgIpc) is 2.27. The first-order valence-corrected chi connectivity index (χ1v) is 7.85. The third kappa shape index (κ3) is 3.95. The van der Waals surface area contributed by atoms with E-state index in [9.17, 15) is 4.79 Å². The van der Waals surface area contributed by atoms with E-state index in [4.69, 9.17) is 0 Å². The van der Waals surface area contributed by atoms with Crippen molar-refractivity contribution in [3.63, 3.8) is 0 Å². The lowest BCUT2D eigenvalue weighted by Gasteiger charge is -2.16. The number of ketones is 1. The SMILES string of the molecule is O=C(C(Br)Br)[C@@H](Br)[C@@H](Br)c1ccccc1. The molecule has 0 N–H and O–H groups in total. The standard InChI is InChI=1S/C10H8Br4O/c11-7(6-4-2-1-3-5-6)8(12)9(15)10(13)14/h1-5,7-8,10H/t7-,8-/m0/s1. The lowest BCUT2D eigenvalue weighted by atomic mass is 10.1. The second-order valence-corrected chi connectivity index (χ2v) is 7.95. The van der Waals surface area contributed by atoms with Gasteiger partial charge in [0.05, 0.1) is 9.65 Å². The second kappa shape index (κ2) is 6.52. The zero-order valence-corrected chi connectivity index (χ0v) is 13.9. The largest absolute Gasteiger partial charge is 0.296 e. The van der Waals surface area contributed by atoms with Crippen LogP contribution >= 0.6 is 63.7 Å². The molecule has 0 saturated carbocycles. The Morgan fingerprint density at radius 2 is 1.53 bits per heavy atom. The van der Waals surface area contributed by atoms with Crippen molar-refractivity contribution in [2.45, 2.75) is 13.4 Å². The van der Waals surface area contributed by atoms with Gasteiger partial charge in [-0.25, -0.2) is 0 Å². The van der Waals surface area contributed by atoms with Crippen LogP contribution in [0.15, 0.2) is 30.3 Å². The molecule has 2 atom stereocenters. The predicted molar refractivity (Wildman–Crippen MR) is 77.5 cm³/mol. The van der Waals surface area contributed by atoms with Crippen LogP contribution in [-0.4, -0.2) is 14.3 Å². The third-order valence-electron chi connectivity index (χ3n) is 1.86. The van der Waals surface area contributed by atoms with E-state index in [0.29, 0.717) is 0 Å². The lowest BCUT2D eigenvalue weighted by Crippen LogP contribution is -2.23. The van der Waals surface area contributed by atoms with Crippen LogP contribution in [-0.2, 0) is 4.79 Å². The lowest BCUT2D eigenvalue weighted by molar-refractivity contribution is -0.116. The fraction of sp³-hybridized carbons (Fsp3) is 0.300. The van der Waals surface area contributed by atoms with Crippen molar-refractivity contribution < 1.29 is 4.79 Å². The van der Waals surface area contributed by atoms with Gasteiger partial charge in [0.2, 0.25) is 0 Å². The Bertz CT molecular complexity index is 325. The number of hydrogen-bond donors (Lipinski definition) is 0. The van der Waals surface area contributed by atoms with E-state index >= 15 is 0 Å². The first-order chi connectivity index (χ1) is 7.04. The fourth-order valence-electron chi connectivity index (χ4n) is 1.07. The van der Waals surface area contributed by atoms with Crippen LogP contribution in [0.5, 0.6) is 0 Å². The van der Waals surface area contributed by atoms with Crippen LogP contribution in [0.3, 0.4) is 0 Å². The highest BCUT2D eigenvalue weighted by Gasteiger charge is 2.27. The highest BCUT2D eigenvalue weighted by atomic mass is 79.9. The van der Waals surface area contributed by atoms with Gasteiger partial charge in [0.15, 0.2) is 5.78 Å². The minimum Gasteiger partial charge on any atom is -0.296 e. The Morgan fingerprint density at radius 3 is 2.00 bits per heavy atom. The molecule has 0 fully saturated rings. The van der Waals surface area contributed by atoms with Crippen LogP contribution in [0.1, 0.15) is 10.4 Å². The first kappa shape index (κ1) is 13.9. The summed E-state index contributed by atoms with van der Waals surface area (Å²) in [5.41, 5.74) is 1.08. The maximum Gasteiger partial charge on any atom is 0.172 e. The van der Waals surface area contributed by atoms with Gasteiger partial charge in [-0.1, -0.05) is 94.1 Å². The molecule has 0 aromatic heterocycles. The van der Waals surface area contributed by atoms with Crippen molar-refractivity contribution in [3.05, 3.63) is 35.9 Å². The minimum atomic E-state index is -0.321. The zero-order valence-electron chi connectivity index (χ0n) is 7.54.